The van der Waals surface area contributed by atoms with E-state index in [0.29, 0.717) is 11.1 Å². The summed E-state index contributed by atoms with van der Waals surface area (Å²) in [5.74, 6) is -0.0200. The van der Waals surface area contributed by atoms with Crippen molar-refractivity contribution < 1.29 is 9.90 Å². The second-order valence-corrected chi connectivity index (χ2v) is 6.12. The number of aromatic nitrogens is 1. The van der Waals surface area contributed by atoms with E-state index in [0.717, 1.165) is 29.6 Å². The lowest BCUT2D eigenvalue weighted by Gasteiger charge is -2.10. The second kappa shape index (κ2) is 7.83. The van der Waals surface area contributed by atoms with Crippen LogP contribution in [0.4, 0.5) is 0 Å². The normalized spacial score (nSPS) is 11.5. The van der Waals surface area contributed by atoms with Gasteiger partial charge in [0, 0.05) is 36.5 Å². The van der Waals surface area contributed by atoms with Gasteiger partial charge in [0.2, 0.25) is 0 Å². The topological polar surface area (TPSA) is 54.6 Å². The zero-order valence-corrected chi connectivity index (χ0v) is 15.0. The predicted molar refractivity (Wildman–Crippen MR) is 103 cm³/mol. The fourth-order valence-electron chi connectivity index (χ4n) is 3.05. The van der Waals surface area contributed by atoms with Gasteiger partial charge in [0.15, 0.2) is 5.78 Å². The van der Waals surface area contributed by atoms with Crippen LogP contribution in [0, 0.1) is 0 Å². The highest BCUT2D eigenvalue weighted by molar-refractivity contribution is 6.09. The summed E-state index contributed by atoms with van der Waals surface area (Å²) in [6, 6.07) is 18.0. The van der Waals surface area contributed by atoms with Crippen LogP contribution in [0.1, 0.15) is 29.3 Å². The third kappa shape index (κ3) is 3.59. The Bertz CT molecular complexity index is 986. The summed E-state index contributed by atoms with van der Waals surface area (Å²) in [6.45, 7) is 3.05. The van der Waals surface area contributed by atoms with E-state index in [-0.39, 0.29) is 11.5 Å². The van der Waals surface area contributed by atoms with Gasteiger partial charge in [0.05, 0.1) is 0 Å². The number of rotatable bonds is 5. The van der Waals surface area contributed by atoms with Crippen molar-refractivity contribution >= 4 is 5.78 Å². The first kappa shape index (κ1) is 17.7. The smallest absolute Gasteiger partial charge is 0.193 e. The Morgan fingerprint density at radius 2 is 1.81 bits per heavy atom. The zero-order valence-electron chi connectivity index (χ0n) is 15.0. The van der Waals surface area contributed by atoms with Gasteiger partial charge in [0.1, 0.15) is 11.2 Å². The number of phenolic OH excluding ortho intramolecular Hbond substituents is 1. The van der Waals surface area contributed by atoms with Crippen LogP contribution in [0.2, 0.25) is 0 Å². The number of aromatic hydroxyl groups is 1. The molecule has 0 aliphatic heterocycles. The van der Waals surface area contributed by atoms with Gasteiger partial charge < -0.3 is 9.67 Å². The van der Waals surface area contributed by atoms with E-state index in [9.17, 15) is 9.90 Å². The second-order valence-electron chi connectivity index (χ2n) is 6.12. The van der Waals surface area contributed by atoms with Crippen LogP contribution in [-0.2, 0) is 6.54 Å². The maximum absolute atomic E-state index is 12.6. The largest absolute Gasteiger partial charge is 0.508 e. The molecule has 1 N–H and O–H groups in total. The van der Waals surface area contributed by atoms with Gasteiger partial charge in [-0.15, -0.1) is 0 Å². The van der Waals surface area contributed by atoms with Crippen molar-refractivity contribution in [1.29, 1.82) is 0 Å². The molecule has 0 aliphatic carbocycles. The number of nitrogens with zero attached hydrogens (tertiary/aromatic N) is 2. The molecule has 3 aromatic rings. The lowest BCUT2D eigenvalue weighted by atomic mass is 9.99. The summed E-state index contributed by atoms with van der Waals surface area (Å²) in [5.41, 5.74) is 4.05. The molecule has 26 heavy (non-hydrogen) atoms. The number of carbonyl (C=O) groups is 1. The summed E-state index contributed by atoms with van der Waals surface area (Å²) in [4.78, 5) is 17.0. The molecule has 0 radical (unpaired) electrons. The number of phenols is 1. The molecule has 4 heteroatoms. The molecular weight excluding hydrogens is 324 g/mol. The molecule has 0 fully saturated rings. The minimum atomic E-state index is -0.109. The summed E-state index contributed by atoms with van der Waals surface area (Å²) >= 11 is 0. The molecule has 0 aliphatic rings. The summed E-state index contributed by atoms with van der Waals surface area (Å²) < 4.78 is 2.14. The fourth-order valence-corrected chi connectivity index (χ4v) is 3.05. The Kier molecular flexibility index (Phi) is 5.32. The van der Waals surface area contributed by atoms with Gasteiger partial charge in [0.25, 0.3) is 0 Å². The van der Waals surface area contributed by atoms with Crippen molar-refractivity contribution in [1.82, 2.24) is 4.57 Å². The van der Waals surface area contributed by atoms with Crippen molar-refractivity contribution in [2.24, 2.45) is 4.99 Å². The van der Waals surface area contributed by atoms with Crippen molar-refractivity contribution in [3.63, 3.8) is 0 Å². The van der Waals surface area contributed by atoms with Crippen LogP contribution in [0.15, 0.2) is 71.9 Å². The standard InChI is InChI=1S/C22H22N2O2/c1-3-13-24-14-5-8-20(22(24)23-2)16-9-11-17(12-10-16)21(26)18-6-4-7-19(25)15-18/h4-12,14-15,25H,3,13H2,1-2H3. The highest BCUT2D eigenvalue weighted by atomic mass is 16.3. The van der Waals surface area contributed by atoms with Crippen LogP contribution >= 0.6 is 0 Å². The molecule has 0 atom stereocenters. The molecule has 3 rings (SSSR count). The van der Waals surface area contributed by atoms with Gasteiger partial charge in [-0.1, -0.05) is 43.3 Å². The highest BCUT2D eigenvalue weighted by Crippen LogP contribution is 2.19. The number of hydrogen-bond donors (Lipinski definition) is 1. The van der Waals surface area contributed by atoms with E-state index in [1.54, 1.807) is 25.2 Å². The van der Waals surface area contributed by atoms with Crippen molar-refractivity contribution in [3.05, 3.63) is 83.5 Å². The maximum Gasteiger partial charge on any atom is 0.193 e. The van der Waals surface area contributed by atoms with Gasteiger partial charge in [-0.2, -0.15) is 0 Å². The summed E-state index contributed by atoms with van der Waals surface area (Å²) in [5, 5.41) is 9.56. The number of benzene rings is 2. The van der Waals surface area contributed by atoms with Crippen molar-refractivity contribution in [2.45, 2.75) is 19.9 Å². The molecule has 132 valence electrons. The predicted octanol–water partition coefficient (Wildman–Crippen LogP) is 4.03. The number of pyridine rings is 1. The Hall–Kier alpha value is -3.14. The number of ketones is 1. The van der Waals surface area contributed by atoms with E-state index in [1.807, 2.05) is 42.6 Å². The van der Waals surface area contributed by atoms with E-state index in [1.165, 1.54) is 6.07 Å². The van der Waals surface area contributed by atoms with E-state index < -0.39 is 0 Å². The first-order valence-corrected chi connectivity index (χ1v) is 8.70. The number of aryl methyl sites for hydroxylation is 1. The Balaban J connectivity index is 1.96. The average molecular weight is 346 g/mol. The average Bonchev–Trinajstić information content (AvgIpc) is 2.67. The molecule has 0 unspecified atom stereocenters. The fraction of sp³-hybridized carbons (Fsp3) is 0.182. The molecule has 0 saturated carbocycles. The van der Waals surface area contributed by atoms with E-state index in [4.69, 9.17) is 0 Å². The van der Waals surface area contributed by atoms with Crippen LogP contribution in [-0.4, -0.2) is 22.5 Å². The monoisotopic (exact) mass is 346 g/mol. The minimum Gasteiger partial charge on any atom is -0.508 e. The van der Waals surface area contributed by atoms with Crippen LogP contribution in [0.3, 0.4) is 0 Å². The minimum absolute atomic E-state index is 0.0893. The molecule has 0 spiro atoms. The third-order valence-corrected chi connectivity index (χ3v) is 4.28. The molecule has 0 bridgehead atoms. The summed E-state index contributed by atoms with van der Waals surface area (Å²) in [6.07, 6.45) is 3.07. The molecule has 1 heterocycles. The first-order valence-electron chi connectivity index (χ1n) is 8.70. The van der Waals surface area contributed by atoms with E-state index in [2.05, 4.69) is 16.5 Å². The third-order valence-electron chi connectivity index (χ3n) is 4.28. The van der Waals surface area contributed by atoms with Gasteiger partial charge in [-0.05, 0) is 36.2 Å². The maximum atomic E-state index is 12.6. The molecule has 1 aromatic heterocycles. The van der Waals surface area contributed by atoms with Gasteiger partial charge >= 0.3 is 0 Å². The van der Waals surface area contributed by atoms with E-state index >= 15 is 0 Å². The summed E-state index contributed by atoms with van der Waals surface area (Å²) in [7, 11) is 1.80. The highest BCUT2D eigenvalue weighted by Gasteiger charge is 2.10. The zero-order chi connectivity index (χ0) is 18.5. The van der Waals surface area contributed by atoms with Crippen LogP contribution in [0.25, 0.3) is 11.1 Å². The van der Waals surface area contributed by atoms with Gasteiger partial charge in [-0.3, -0.25) is 9.79 Å². The number of hydrogen-bond acceptors (Lipinski definition) is 3. The molecule has 0 amide bonds. The quantitative estimate of drug-likeness (QED) is 0.709. The van der Waals surface area contributed by atoms with Gasteiger partial charge in [-0.25, -0.2) is 0 Å². The van der Waals surface area contributed by atoms with Crippen LogP contribution in [0.5, 0.6) is 5.75 Å². The Labute approximate surface area is 153 Å². The Morgan fingerprint density at radius 1 is 1.04 bits per heavy atom. The molecule has 4 nitrogen and oxygen atoms in total. The van der Waals surface area contributed by atoms with Crippen LogP contribution < -0.4 is 5.49 Å². The Morgan fingerprint density at radius 3 is 2.46 bits per heavy atom. The first-order chi connectivity index (χ1) is 12.6. The van der Waals surface area contributed by atoms with Crippen molar-refractivity contribution in [2.75, 3.05) is 7.05 Å². The lowest BCUT2D eigenvalue weighted by Crippen LogP contribution is -2.22. The molecule has 0 saturated heterocycles. The lowest BCUT2D eigenvalue weighted by molar-refractivity contribution is 0.103. The molecular formula is C22H22N2O2. The number of carbonyl (C=O) groups excluding carboxylic acids is 1. The SMILES string of the molecule is CCCn1cccc(-c2ccc(C(=O)c3cccc(O)c3)cc2)c1=NC. The molecule has 2 aromatic carbocycles. The van der Waals surface area contributed by atoms with Crippen molar-refractivity contribution in [3.8, 4) is 16.9 Å².